The van der Waals surface area contributed by atoms with Crippen LogP contribution in [0, 0.1) is 5.41 Å². The first kappa shape index (κ1) is 15.0. The standard InChI is InChI=1S/C15H22BrNO2/c1-15(11-18)6-3-7-17(10-15)9-14(19)12-4-2-5-13(16)8-12/h2,4-5,8,14,18-19H,3,6-7,9-11H2,1H3. The molecular formula is C15H22BrNO2. The molecular weight excluding hydrogens is 306 g/mol. The van der Waals surface area contributed by atoms with Gasteiger partial charge in [-0.05, 0) is 37.1 Å². The van der Waals surface area contributed by atoms with E-state index in [2.05, 4.69) is 27.8 Å². The average Bonchev–Trinajstić information content (AvgIpc) is 2.39. The van der Waals surface area contributed by atoms with Crippen molar-refractivity contribution >= 4 is 15.9 Å². The molecule has 0 aromatic heterocycles. The van der Waals surface area contributed by atoms with Gasteiger partial charge in [0.1, 0.15) is 0 Å². The van der Waals surface area contributed by atoms with Gasteiger partial charge < -0.3 is 10.2 Å². The highest BCUT2D eigenvalue weighted by Gasteiger charge is 2.31. The summed E-state index contributed by atoms with van der Waals surface area (Å²) in [5.74, 6) is 0. The number of β-amino-alcohol motifs (C(OH)–C–C–N with tert-alkyl or cyclic N) is 1. The largest absolute Gasteiger partial charge is 0.396 e. The van der Waals surface area contributed by atoms with Crippen molar-refractivity contribution in [2.75, 3.05) is 26.2 Å². The number of halogens is 1. The van der Waals surface area contributed by atoms with Gasteiger partial charge in [-0.15, -0.1) is 0 Å². The maximum absolute atomic E-state index is 10.3. The van der Waals surface area contributed by atoms with Crippen LogP contribution in [0.15, 0.2) is 28.7 Å². The predicted octanol–water partition coefficient (Wildman–Crippen LogP) is 2.58. The van der Waals surface area contributed by atoms with E-state index in [1.165, 1.54) is 0 Å². The first-order valence-corrected chi connectivity index (χ1v) is 7.58. The molecule has 4 heteroatoms. The summed E-state index contributed by atoms with van der Waals surface area (Å²) in [7, 11) is 0. The van der Waals surface area contributed by atoms with E-state index in [9.17, 15) is 10.2 Å². The molecule has 0 radical (unpaired) electrons. The van der Waals surface area contributed by atoms with Gasteiger partial charge in [0.05, 0.1) is 6.10 Å². The van der Waals surface area contributed by atoms with Gasteiger partial charge >= 0.3 is 0 Å². The third kappa shape index (κ3) is 4.02. The Kier molecular flexibility index (Phi) is 5.01. The van der Waals surface area contributed by atoms with Crippen LogP contribution in [0.4, 0.5) is 0 Å². The lowest BCUT2D eigenvalue weighted by atomic mass is 9.82. The number of aliphatic hydroxyl groups is 2. The zero-order valence-corrected chi connectivity index (χ0v) is 12.9. The number of benzene rings is 1. The highest BCUT2D eigenvalue weighted by molar-refractivity contribution is 9.10. The minimum atomic E-state index is -0.474. The molecule has 2 rings (SSSR count). The Labute approximate surface area is 123 Å². The van der Waals surface area contributed by atoms with E-state index in [1.54, 1.807) is 0 Å². The lowest BCUT2D eigenvalue weighted by molar-refractivity contribution is 0.0210. The third-order valence-electron chi connectivity index (χ3n) is 3.91. The lowest BCUT2D eigenvalue weighted by Gasteiger charge is -2.40. The zero-order valence-electron chi connectivity index (χ0n) is 11.3. The molecule has 1 fully saturated rings. The molecule has 19 heavy (non-hydrogen) atoms. The van der Waals surface area contributed by atoms with Gasteiger partial charge in [-0.2, -0.15) is 0 Å². The molecule has 1 aromatic carbocycles. The molecule has 2 unspecified atom stereocenters. The summed E-state index contributed by atoms with van der Waals surface area (Å²) in [6, 6.07) is 7.81. The molecule has 2 atom stereocenters. The number of aliphatic hydroxyl groups excluding tert-OH is 2. The van der Waals surface area contributed by atoms with Crippen LogP contribution >= 0.6 is 15.9 Å². The Hall–Kier alpha value is -0.420. The molecule has 0 spiro atoms. The monoisotopic (exact) mass is 327 g/mol. The van der Waals surface area contributed by atoms with Crippen molar-refractivity contribution in [3.8, 4) is 0 Å². The molecule has 0 bridgehead atoms. The van der Waals surface area contributed by atoms with E-state index in [0.717, 1.165) is 36.0 Å². The van der Waals surface area contributed by atoms with E-state index in [0.29, 0.717) is 6.54 Å². The Balaban J connectivity index is 1.97. The normalized spacial score (nSPS) is 26.3. The number of piperidine rings is 1. The summed E-state index contributed by atoms with van der Waals surface area (Å²) in [6.45, 7) is 4.82. The number of hydrogen-bond acceptors (Lipinski definition) is 3. The molecule has 3 nitrogen and oxygen atoms in total. The smallest absolute Gasteiger partial charge is 0.0917 e. The van der Waals surface area contributed by atoms with E-state index in [1.807, 2.05) is 24.3 Å². The quantitative estimate of drug-likeness (QED) is 0.893. The maximum atomic E-state index is 10.3. The third-order valence-corrected chi connectivity index (χ3v) is 4.40. The SMILES string of the molecule is CC1(CO)CCCN(CC(O)c2cccc(Br)c2)C1. The summed E-state index contributed by atoms with van der Waals surface area (Å²) >= 11 is 3.43. The minimum Gasteiger partial charge on any atom is -0.396 e. The van der Waals surface area contributed by atoms with Gasteiger partial charge in [0, 0.05) is 29.6 Å². The van der Waals surface area contributed by atoms with Gasteiger partial charge in [-0.1, -0.05) is 35.0 Å². The van der Waals surface area contributed by atoms with E-state index in [-0.39, 0.29) is 12.0 Å². The highest BCUT2D eigenvalue weighted by Crippen LogP contribution is 2.30. The summed E-state index contributed by atoms with van der Waals surface area (Å²) in [4.78, 5) is 2.26. The van der Waals surface area contributed by atoms with Crippen LogP contribution in [0.1, 0.15) is 31.4 Å². The molecule has 1 aromatic rings. The van der Waals surface area contributed by atoms with Crippen LogP contribution in [-0.2, 0) is 0 Å². The van der Waals surface area contributed by atoms with Crippen LogP contribution in [0.3, 0.4) is 0 Å². The van der Waals surface area contributed by atoms with Gasteiger partial charge in [0.2, 0.25) is 0 Å². The van der Waals surface area contributed by atoms with Crippen LogP contribution in [0.5, 0.6) is 0 Å². The molecule has 0 aliphatic carbocycles. The molecule has 1 aliphatic heterocycles. The van der Waals surface area contributed by atoms with E-state index >= 15 is 0 Å². The van der Waals surface area contributed by atoms with E-state index < -0.39 is 6.10 Å². The number of likely N-dealkylation sites (tertiary alicyclic amines) is 1. The van der Waals surface area contributed by atoms with E-state index in [4.69, 9.17) is 0 Å². The van der Waals surface area contributed by atoms with Gasteiger partial charge in [0.15, 0.2) is 0 Å². The molecule has 106 valence electrons. The van der Waals surface area contributed by atoms with Crippen LogP contribution in [0.2, 0.25) is 0 Å². The molecule has 1 heterocycles. The summed E-state index contributed by atoms with van der Waals surface area (Å²) in [6.07, 6.45) is 1.67. The fourth-order valence-corrected chi connectivity index (χ4v) is 3.19. The first-order chi connectivity index (χ1) is 9.02. The molecule has 0 amide bonds. The Morgan fingerprint density at radius 2 is 2.26 bits per heavy atom. The number of nitrogens with zero attached hydrogens (tertiary/aromatic N) is 1. The minimum absolute atomic E-state index is 0.0186. The van der Waals surface area contributed by atoms with Gasteiger partial charge in [-0.3, -0.25) is 4.90 Å². The van der Waals surface area contributed by atoms with Crippen molar-refractivity contribution in [1.29, 1.82) is 0 Å². The van der Waals surface area contributed by atoms with Crippen molar-refractivity contribution in [3.05, 3.63) is 34.3 Å². The van der Waals surface area contributed by atoms with Crippen molar-refractivity contribution in [1.82, 2.24) is 4.90 Å². The average molecular weight is 328 g/mol. The first-order valence-electron chi connectivity index (χ1n) is 6.79. The molecule has 1 aliphatic rings. The second kappa shape index (κ2) is 6.35. The summed E-state index contributed by atoms with van der Waals surface area (Å²) in [5, 5.41) is 19.8. The van der Waals surface area contributed by atoms with Crippen molar-refractivity contribution in [2.45, 2.75) is 25.9 Å². The summed E-state index contributed by atoms with van der Waals surface area (Å²) in [5.41, 5.74) is 0.917. The van der Waals surface area contributed by atoms with Gasteiger partial charge in [-0.25, -0.2) is 0 Å². The molecule has 0 saturated carbocycles. The summed E-state index contributed by atoms with van der Waals surface area (Å²) < 4.78 is 0.989. The second-order valence-corrected chi connectivity index (χ2v) is 6.79. The van der Waals surface area contributed by atoms with Crippen molar-refractivity contribution in [3.63, 3.8) is 0 Å². The topological polar surface area (TPSA) is 43.7 Å². The van der Waals surface area contributed by atoms with Crippen LogP contribution < -0.4 is 0 Å². The number of hydrogen-bond donors (Lipinski definition) is 2. The Bertz CT molecular complexity index is 426. The molecule has 1 saturated heterocycles. The van der Waals surface area contributed by atoms with Crippen LogP contribution in [0.25, 0.3) is 0 Å². The Morgan fingerprint density at radius 1 is 1.47 bits per heavy atom. The lowest BCUT2D eigenvalue weighted by Crippen LogP contribution is -2.45. The highest BCUT2D eigenvalue weighted by atomic mass is 79.9. The maximum Gasteiger partial charge on any atom is 0.0917 e. The fourth-order valence-electron chi connectivity index (χ4n) is 2.78. The fraction of sp³-hybridized carbons (Fsp3) is 0.600. The van der Waals surface area contributed by atoms with Crippen molar-refractivity contribution < 1.29 is 10.2 Å². The number of rotatable bonds is 4. The predicted molar refractivity (Wildman–Crippen MR) is 80.0 cm³/mol. The van der Waals surface area contributed by atoms with Crippen LogP contribution in [-0.4, -0.2) is 41.4 Å². The van der Waals surface area contributed by atoms with Gasteiger partial charge in [0.25, 0.3) is 0 Å². The van der Waals surface area contributed by atoms with Crippen molar-refractivity contribution in [2.24, 2.45) is 5.41 Å². The zero-order chi connectivity index (χ0) is 13.9. The molecule has 2 N–H and O–H groups in total. The second-order valence-electron chi connectivity index (χ2n) is 5.88. The Morgan fingerprint density at radius 3 is 2.95 bits per heavy atom.